The summed E-state index contributed by atoms with van der Waals surface area (Å²) in [4.78, 5) is 23.3. The van der Waals surface area contributed by atoms with Crippen molar-refractivity contribution >= 4 is 17.6 Å². The molecule has 2 rings (SSSR count). The smallest absolute Gasteiger partial charge is 0.328 e. The number of benzene rings is 1. The van der Waals surface area contributed by atoms with Crippen LogP contribution in [0.4, 0.5) is 14.9 Å². The quantitative estimate of drug-likeness (QED) is 0.708. The van der Waals surface area contributed by atoms with Crippen molar-refractivity contribution in [1.82, 2.24) is 5.32 Å². The average Bonchev–Trinajstić information content (AvgIpc) is 2.59. The maximum atomic E-state index is 13.5. The number of anilines is 1. The molecule has 16 heavy (non-hydrogen) atoms. The molecule has 1 aliphatic heterocycles. The van der Waals surface area contributed by atoms with Crippen LogP contribution in [-0.2, 0) is 4.79 Å². The van der Waals surface area contributed by atoms with Crippen LogP contribution in [0.3, 0.4) is 0 Å². The normalized spacial score (nSPS) is 14.9. The Morgan fingerprint density at radius 2 is 2.19 bits per heavy atom. The number of nitrogens with zero attached hydrogens (tertiary/aromatic N) is 2. The summed E-state index contributed by atoms with van der Waals surface area (Å²) in [5, 5.41) is 10.8. The fraction of sp³-hybridized carbons (Fsp3) is 0.100. The molecular weight excluding hydrogens is 213 g/mol. The van der Waals surface area contributed by atoms with Crippen molar-refractivity contribution in [3.8, 4) is 6.07 Å². The van der Waals surface area contributed by atoms with E-state index in [9.17, 15) is 14.0 Å². The van der Waals surface area contributed by atoms with Crippen molar-refractivity contribution in [2.24, 2.45) is 0 Å². The molecule has 1 N–H and O–H groups in total. The summed E-state index contributed by atoms with van der Waals surface area (Å²) in [6, 6.07) is 4.66. The highest BCUT2D eigenvalue weighted by Crippen LogP contribution is 2.22. The summed E-state index contributed by atoms with van der Waals surface area (Å²) in [6.07, 6.45) is 0. The van der Waals surface area contributed by atoms with Crippen LogP contribution in [0.1, 0.15) is 5.56 Å². The van der Waals surface area contributed by atoms with E-state index in [-0.39, 0.29) is 17.8 Å². The van der Waals surface area contributed by atoms with Crippen LogP contribution in [0.5, 0.6) is 0 Å². The third kappa shape index (κ3) is 1.48. The van der Waals surface area contributed by atoms with Crippen molar-refractivity contribution in [3.63, 3.8) is 0 Å². The second-order valence-electron chi connectivity index (χ2n) is 3.17. The molecule has 0 atom stereocenters. The number of nitrogens with one attached hydrogen (secondary N) is 1. The van der Waals surface area contributed by atoms with Crippen molar-refractivity contribution in [1.29, 1.82) is 5.26 Å². The van der Waals surface area contributed by atoms with Crippen molar-refractivity contribution in [3.05, 3.63) is 29.6 Å². The summed E-state index contributed by atoms with van der Waals surface area (Å²) < 4.78 is 13.5. The molecule has 6 heteroatoms. The number of halogens is 1. The van der Waals surface area contributed by atoms with Gasteiger partial charge in [0.25, 0.3) is 5.91 Å². The number of carbonyl (C=O) groups is 2. The van der Waals surface area contributed by atoms with Crippen LogP contribution in [0.15, 0.2) is 18.2 Å². The van der Waals surface area contributed by atoms with E-state index in [1.807, 2.05) is 0 Å². The van der Waals surface area contributed by atoms with Gasteiger partial charge in [-0.05, 0) is 18.2 Å². The van der Waals surface area contributed by atoms with E-state index in [2.05, 4.69) is 5.32 Å². The van der Waals surface area contributed by atoms with Gasteiger partial charge in [-0.3, -0.25) is 4.79 Å². The van der Waals surface area contributed by atoms with E-state index in [4.69, 9.17) is 5.26 Å². The molecule has 0 radical (unpaired) electrons. The lowest BCUT2D eigenvalue weighted by Crippen LogP contribution is -2.31. The number of carbonyl (C=O) groups excluding carboxylic acids is 2. The monoisotopic (exact) mass is 219 g/mol. The Morgan fingerprint density at radius 1 is 1.44 bits per heavy atom. The molecule has 0 bridgehead atoms. The molecule has 80 valence electrons. The van der Waals surface area contributed by atoms with E-state index in [0.717, 1.165) is 11.0 Å². The molecule has 1 saturated heterocycles. The third-order valence-corrected chi connectivity index (χ3v) is 2.16. The van der Waals surface area contributed by atoms with Gasteiger partial charge in [-0.2, -0.15) is 5.26 Å². The number of amides is 3. The van der Waals surface area contributed by atoms with Gasteiger partial charge in [-0.25, -0.2) is 14.1 Å². The van der Waals surface area contributed by atoms with Crippen LogP contribution >= 0.6 is 0 Å². The van der Waals surface area contributed by atoms with Gasteiger partial charge in [-0.1, -0.05) is 0 Å². The first-order chi connectivity index (χ1) is 7.63. The van der Waals surface area contributed by atoms with Crippen LogP contribution in [0.25, 0.3) is 0 Å². The van der Waals surface area contributed by atoms with Crippen molar-refractivity contribution in [2.45, 2.75) is 0 Å². The van der Waals surface area contributed by atoms with E-state index in [1.54, 1.807) is 6.07 Å². The molecule has 0 saturated carbocycles. The zero-order valence-corrected chi connectivity index (χ0v) is 8.03. The van der Waals surface area contributed by atoms with Crippen molar-refractivity contribution in [2.75, 3.05) is 11.4 Å². The van der Waals surface area contributed by atoms with E-state index in [1.165, 1.54) is 12.1 Å². The zero-order valence-electron chi connectivity index (χ0n) is 8.03. The zero-order chi connectivity index (χ0) is 11.7. The van der Waals surface area contributed by atoms with Gasteiger partial charge >= 0.3 is 6.03 Å². The Bertz CT molecular complexity index is 505. The molecule has 5 nitrogen and oxygen atoms in total. The third-order valence-electron chi connectivity index (χ3n) is 2.16. The average molecular weight is 219 g/mol. The van der Waals surface area contributed by atoms with E-state index >= 15 is 0 Å². The van der Waals surface area contributed by atoms with Crippen LogP contribution in [0, 0.1) is 17.1 Å². The molecule has 0 unspecified atom stereocenters. The van der Waals surface area contributed by atoms with Gasteiger partial charge in [0.05, 0.1) is 23.9 Å². The van der Waals surface area contributed by atoms with Crippen LogP contribution in [0.2, 0.25) is 0 Å². The highest BCUT2D eigenvalue weighted by atomic mass is 19.1. The second-order valence-corrected chi connectivity index (χ2v) is 3.17. The molecule has 0 aromatic heterocycles. The first kappa shape index (κ1) is 10.1. The fourth-order valence-electron chi connectivity index (χ4n) is 1.42. The molecule has 1 aromatic carbocycles. The first-order valence-corrected chi connectivity index (χ1v) is 4.44. The number of urea groups is 1. The van der Waals surface area contributed by atoms with Gasteiger partial charge in [0.2, 0.25) is 0 Å². The van der Waals surface area contributed by atoms with Gasteiger partial charge in [0.1, 0.15) is 5.82 Å². The first-order valence-electron chi connectivity index (χ1n) is 4.44. The predicted molar refractivity (Wildman–Crippen MR) is 52.0 cm³/mol. The Kier molecular flexibility index (Phi) is 2.29. The molecule has 1 aliphatic rings. The number of hydrogen-bond donors (Lipinski definition) is 1. The number of hydrogen-bond acceptors (Lipinski definition) is 3. The molecular formula is C10H6FN3O2. The van der Waals surface area contributed by atoms with Crippen molar-refractivity contribution < 1.29 is 14.0 Å². The van der Waals surface area contributed by atoms with Gasteiger partial charge < -0.3 is 5.32 Å². The Labute approximate surface area is 90.1 Å². The minimum atomic E-state index is -0.774. The summed E-state index contributed by atoms with van der Waals surface area (Å²) in [6.45, 7) is -0.141. The topological polar surface area (TPSA) is 73.2 Å². The number of rotatable bonds is 1. The maximum absolute atomic E-state index is 13.5. The second kappa shape index (κ2) is 3.62. The molecule has 0 spiro atoms. The lowest BCUT2D eigenvalue weighted by atomic mass is 10.2. The predicted octanol–water partition coefficient (Wildman–Crippen LogP) is 0.754. The summed E-state index contributed by atoms with van der Waals surface area (Å²) in [5.74, 6) is -1.29. The van der Waals surface area contributed by atoms with Gasteiger partial charge in [-0.15, -0.1) is 0 Å². The molecule has 1 aromatic rings. The highest BCUT2D eigenvalue weighted by Gasteiger charge is 2.31. The highest BCUT2D eigenvalue weighted by molar-refractivity contribution is 6.19. The number of nitriles is 1. The SMILES string of the molecule is N#Cc1ccc(N2C(=O)CNC2=O)c(F)c1. The number of imide groups is 1. The standard InChI is InChI=1S/C10H6FN3O2/c11-7-3-6(4-12)1-2-8(7)14-9(15)5-13-10(14)16/h1-3H,5H2,(H,13,16). The van der Waals surface area contributed by atoms with Crippen LogP contribution in [-0.4, -0.2) is 18.5 Å². The minimum Gasteiger partial charge on any atom is -0.328 e. The summed E-state index contributed by atoms with van der Waals surface area (Å²) in [7, 11) is 0. The molecule has 3 amide bonds. The summed E-state index contributed by atoms with van der Waals surface area (Å²) >= 11 is 0. The van der Waals surface area contributed by atoms with E-state index < -0.39 is 17.8 Å². The minimum absolute atomic E-state index is 0.133. The lowest BCUT2D eigenvalue weighted by molar-refractivity contribution is -0.115. The lowest BCUT2D eigenvalue weighted by Gasteiger charge is -2.12. The van der Waals surface area contributed by atoms with Gasteiger partial charge in [0.15, 0.2) is 0 Å². The maximum Gasteiger partial charge on any atom is 0.329 e. The van der Waals surface area contributed by atoms with Gasteiger partial charge in [0, 0.05) is 0 Å². The van der Waals surface area contributed by atoms with Crippen LogP contribution < -0.4 is 10.2 Å². The molecule has 0 aliphatic carbocycles. The molecule has 1 heterocycles. The van der Waals surface area contributed by atoms with E-state index in [0.29, 0.717) is 0 Å². The fourth-order valence-corrected chi connectivity index (χ4v) is 1.42. The Morgan fingerprint density at radius 3 is 2.69 bits per heavy atom. The molecule has 1 fully saturated rings. The largest absolute Gasteiger partial charge is 0.329 e. The Hall–Kier alpha value is -2.42. The Balaban J connectivity index is 2.45. The summed E-state index contributed by atoms with van der Waals surface area (Å²) in [5.41, 5.74) is -0.00713.